The van der Waals surface area contributed by atoms with Gasteiger partial charge in [-0.3, -0.25) is 4.84 Å². The Hall–Kier alpha value is -2.08. The quantitative estimate of drug-likeness (QED) is 0.527. The van der Waals surface area contributed by atoms with Crippen LogP contribution in [-0.2, 0) is 11.4 Å². The van der Waals surface area contributed by atoms with Gasteiger partial charge in [0.2, 0.25) is 0 Å². The Kier molecular flexibility index (Phi) is 3.07. The van der Waals surface area contributed by atoms with Crippen molar-refractivity contribution in [2.75, 3.05) is 6.54 Å². The third kappa shape index (κ3) is 2.06. The molecule has 1 saturated carbocycles. The van der Waals surface area contributed by atoms with Crippen LogP contribution in [0.3, 0.4) is 0 Å². The summed E-state index contributed by atoms with van der Waals surface area (Å²) in [5.74, 6) is 0. The Morgan fingerprint density at radius 2 is 2.14 bits per heavy atom. The summed E-state index contributed by atoms with van der Waals surface area (Å²) in [6.45, 7) is 1.05. The number of hydrogen-bond acceptors (Lipinski definition) is 4. The second kappa shape index (κ2) is 4.98. The molecule has 116 valence electrons. The van der Waals surface area contributed by atoms with Gasteiger partial charge in [0.1, 0.15) is 6.61 Å². The van der Waals surface area contributed by atoms with Crippen LogP contribution in [0, 0.1) is 5.41 Å². The van der Waals surface area contributed by atoms with E-state index in [1.807, 2.05) is 30.3 Å². The summed E-state index contributed by atoms with van der Waals surface area (Å²) >= 11 is 0. The van der Waals surface area contributed by atoms with Gasteiger partial charge in [-0.1, -0.05) is 35.5 Å². The maximum Gasteiger partial charge on any atom is 0.344 e. The molecule has 2 atom stereocenters. The number of amides is 2. The smallest absolute Gasteiger partial charge is 0.344 e. The molecule has 1 aromatic rings. The number of hydrogen-bond donors (Lipinski definition) is 1. The molecule has 3 fully saturated rings. The Balaban J connectivity index is 1.52. The SMILES string of the molecule is O=C1N(OCc2ccccc2)C2CN1[C@H](/C=N/O)CC21CC1. The molecule has 3 aliphatic rings. The van der Waals surface area contributed by atoms with Crippen molar-refractivity contribution in [2.24, 2.45) is 10.6 Å². The van der Waals surface area contributed by atoms with E-state index < -0.39 is 0 Å². The van der Waals surface area contributed by atoms with Gasteiger partial charge in [0.25, 0.3) is 0 Å². The lowest BCUT2D eigenvalue weighted by Gasteiger charge is -2.34. The van der Waals surface area contributed by atoms with E-state index >= 15 is 0 Å². The molecule has 2 saturated heterocycles. The summed E-state index contributed by atoms with van der Waals surface area (Å²) in [5, 5.41) is 13.5. The molecule has 1 N–H and O–H groups in total. The van der Waals surface area contributed by atoms with Gasteiger partial charge in [0.05, 0.1) is 18.3 Å². The molecule has 0 aromatic heterocycles. The molecule has 2 amide bonds. The van der Waals surface area contributed by atoms with E-state index in [0.717, 1.165) is 24.8 Å². The third-order valence-corrected chi connectivity index (χ3v) is 5.15. The molecule has 1 unspecified atom stereocenters. The van der Waals surface area contributed by atoms with Crippen molar-refractivity contribution in [2.45, 2.75) is 38.0 Å². The number of nitrogens with zero attached hydrogens (tertiary/aromatic N) is 3. The van der Waals surface area contributed by atoms with Crippen molar-refractivity contribution in [1.29, 1.82) is 0 Å². The lowest BCUT2D eigenvalue weighted by Crippen LogP contribution is -2.46. The van der Waals surface area contributed by atoms with Crippen LogP contribution in [0.5, 0.6) is 0 Å². The molecular weight excluding hydrogens is 282 g/mol. The van der Waals surface area contributed by atoms with Crippen molar-refractivity contribution in [1.82, 2.24) is 9.96 Å². The zero-order chi connectivity index (χ0) is 15.2. The van der Waals surface area contributed by atoms with Crippen LogP contribution in [0.2, 0.25) is 0 Å². The topological polar surface area (TPSA) is 65.4 Å². The van der Waals surface area contributed by atoms with Crippen molar-refractivity contribution >= 4 is 12.2 Å². The minimum Gasteiger partial charge on any atom is -0.411 e. The first-order chi connectivity index (χ1) is 10.7. The lowest BCUT2D eigenvalue weighted by atomic mass is 9.86. The number of hydroxylamine groups is 2. The number of fused-ring (bicyclic) bond motifs is 3. The number of carbonyl (C=O) groups is 1. The maximum atomic E-state index is 12.6. The largest absolute Gasteiger partial charge is 0.411 e. The van der Waals surface area contributed by atoms with Gasteiger partial charge in [-0.15, -0.1) is 0 Å². The molecule has 22 heavy (non-hydrogen) atoms. The molecule has 6 heteroatoms. The van der Waals surface area contributed by atoms with Gasteiger partial charge in [-0.05, 0) is 30.2 Å². The summed E-state index contributed by atoms with van der Waals surface area (Å²) in [6.07, 6.45) is 4.55. The fourth-order valence-corrected chi connectivity index (χ4v) is 3.75. The van der Waals surface area contributed by atoms with Crippen LogP contribution in [0.15, 0.2) is 35.5 Å². The van der Waals surface area contributed by atoms with E-state index in [1.165, 1.54) is 6.21 Å². The van der Waals surface area contributed by atoms with E-state index in [4.69, 9.17) is 10.0 Å². The minimum atomic E-state index is -0.124. The summed E-state index contributed by atoms with van der Waals surface area (Å²) in [6, 6.07) is 9.73. The average molecular weight is 301 g/mol. The van der Waals surface area contributed by atoms with Crippen LogP contribution < -0.4 is 0 Å². The zero-order valence-electron chi connectivity index (χ0n) is 12.3. The van der Waals surface area contributed by atoms with Gasteiger partial charge in [0.15, 0.2) is 0 Å². The number of rotatable bonds is 4. The number of oxime groups is 1. The van der Waals surface area contributed by atoms with Gasteiger partial charge in [0, 0.05) is 6.54 Å². The highest BCUT2D eigenvalue weighted by atomic mass is 16.7. The molecule has 2 bridgehead atoms. The van der Waals surface area contributed by atoms with Crippen LogP contribution in [0.25, 0.3) is 0 Å². The molecule has 1 aliphatic carbocycles. The molecule has 1 aromatic carbocycles. The third-order valence-electron chi connectivity index (χ3n) is 5.15. The zero-order valence-corrected chi connectivity index (χ0v) is 12.3. The summed E-state index contributed by atoms with van der Waals surface area (Å²) in [5.41, 5.74) is 1.19. The van der Waals surface area contributed by atoms with Crippen LogP contribution in [-0.4, -0.2) is 46.0 Å². The summed E-state index contributed by atoms with van der Waals surface area (Å²) in [4.78, 5) is 20.2. The molecule has 2 heterocycles. The lowest BCUT2D eigenvalue weighted by molar-refractivity contribution is -0.153. The standard InChI is InChI=1S/C16H19N3O3/c20-15-18-10-14(16(6-7-16)8-13(18)9-17-21)19(15)22-11-12-4-2-1-3-5-12/h1-5,9,13-14,21H,6-8,10-11H2/b17-9+/t13-,14?/m0/s1. The first-order valence-corrected chi connectivity index (χ1v) is 7.68. The van der Waals surface area contributed by atoms with Crippen molar-refractivity contribution in [3.8, 4) is 0 Å². The normalized spacial score (nSPS) is 28.8. The van der Waals surface area contributed by atoms with E-state index in [1.54, 1.807) is 9.96 Å². The fourth-order valence-electron chi connectivity index (χ4n) is 3.75. The average Bonchev–Trinajstić information content (AvgIpc) is 3.24. The van der Waals surface area contributed by atoms with Gasteiger partial charge in [-0.25, -0.2) is 4.79 Å². The Morgan fingerprint density at radius 3 is 2.82 bits per heavy atom. The second-order valence-corrected chi connectivity index (χ2v) is 6.43. The number of carbonyl (C=O) groups excluding carboxylic acids is 1. The highest BCUT2D eigenvalue weighted by molar-refractivity contribution is 5.82. The molecule has 6 nitrogen and oxygen atoms in total. The van der Waals surface area contributed by atoms with Gasteiger partial charge in [-0.2, -0.15) is 5.06 Å². The van der Waals surface area contributed by atoms with Gasteiger partial charge >= 0.3 is 6.03 Å². The maximum absolute atomic E-state index is 12.6. The molecular formula is C16H19N3O3. The second-order valence-electron chi connectivity index (χ2n) is 6.43. The highest BCUT2D eigenvalue weighted by Gasteiger charge is 2.62. The summed E-state index contributed by atoms with van der Waals surface area (Å²) in [7, 11) is 0. The first-order valence-electron chi connectivity index (χ1n) is 7.68. The van der Waals surface area contributed by atoms with Crippen molar-refractivity contribution in [3.05, 3.63) is 35.9 Å². The molecule has 0 radical (unpaired) electrons. The number of piperidine rings is 1. The van der Waals surface area contributed by atoms with Gasteiger partial charge < -0.3 is 10.1 Å². The minimum absolute atomic E-state index is 0.116. The predicted octanol–water partition coefficient (Wildman–Crippen LogP) is 2.24. The van der Waals surface area contributed by atoms with Crippen molar-refractivity contribution < 1.29 is 14.8 Å². The summed E-state index contributed by atoms with van der Waals surface area (Å²) < 4.78 is 0. The predicted molar refractivity (Wildman–Crippen MR) is 79.3 cm³/mol. The fraction of sp³-hybridized carbons (Fsp3) is 0.500. The monoisotopic (exact) mass is 301 g/mol. The number of urea groups is 1. The first kappa shape index (κ1) is 13.6. The van der Waals surface area contributed by atoms with Crippen LogP contribution in [0.4, 0.5) is 4.79 Å². The molecule has 1 spiro atoms. The van der Waals surface area contributed by atoms with E-state index in [0.29, 0.717) is 13.2 Å². The Morgan fingerprint density at radius 1 is 1.36 bits per heavy atom. The van der Waals surface area contributed by atoms with Crippen LogP contribution in [0.1, 0.15) is 24.8 Å². The highest BCUT2D eigenvalue weighted by Crippen LogP contribution is 2.58. The molecule has 2 aliphatic heterocycles. The molecule has 4 rings (SSSR count). The Bertz CT molecular complexity index is 600. The van der Waals surface area contributed by atoms with E-state index in [-0.39, 0.29) is 23.5 Å². The number of benzene rings is 1. The van der Waals surface area contributed by atoms with Crippen molar-refractivity contribution in [3.63, 3.8) is 0 Å². The van der Waals surface area contributed by atoms with E-state index in [2.05, 4.69) is 5.16 Å². The Labute approximate surface area is 128 Å². The van der Waals surface area contributed by atoms with Crippen LogP contribution >= 0.6 is 0 Å². The van der Waals surface area contributed by atoms with E-state index in [9.17, 15) is 4.79 Å².